The van der Waals surface area contributed by atoms with E-state index in [9.17, 15) is 8.42 Å². The average molecular weight is 408 g/mol. The topological polar surface area (TPSA) is 47.0 Å². The van der Waals surface area contributed by atoms with Crippen molar-refractivity contribution in [2.24, 2.45) is 0 Å². The van der Waals surface area contributed by atoms with Gasteiger partial charge in [0.2, 0.25) is 0 Å². The highest BCUT2D eigenvalue weighted by Gasteiger charge is 2.25. The van der Waals surface area contributed by atoms with E-state index in [1.807, 2.05) is 67.6 Å². The summed E-state index contributed by atoms with van der Waals surface area (Å²) in [6.45, 7) is 1.99. The average Bonchev–Trinajstić information content (AvgIpc) is 2.67. The van der Waals surface area contributed by atoms with Crippen LogP contribution in [0, 0.1) is 6.92 Å². The SMILES string of the molecule is Cc1ccc(-c2nc3ccc(Cl)cc3c(-c3ccccc3)c2S(C)(=O)=O)cc1. The Morgan fingerprint density at radius 1 is 0.857 bits per heavy atom. The van der Waals surface area contributed by atoms with E-state index in [-0.39, 0.29) is 4.90 Å². The zero-order valence-electron chi connectivity index (χ0n) is 15.5. The van der Waals surface area contributed by atoms with Gasteiger partial charge in [-0.15, -0.1) is 0 Å². The lowest BCUT2D eigenvalue weighted by molar-refractivity contribution is 0.602. The Morgan fingerprint density at radius 3 is 2.18 bits per heavy atom. The van der Waals surface area contributed by atoms with Crippen molar-refractivity contribution in [1.29, 1.82) is 0 Å². The number of rotatable bonds is 3. The minimum absolute atomic E-state index is 0.220. The van der Waals surface area contributed by atoms with Gasteiger partial charge in [-0.2, -0.15) is 0 Å². The number of benzene rings is 3. The van der Waals surface area contributed by atoms with Crippen LogP contribution in [0.5, 0.6) is 0 Å². The lowest BCUT2D eigenvalue weighted by Gasteiger charge is -2.17. The van der Waals surface area contributed by atoms with Gasteiger partial charge in [0.1, 0.15) is 4.90 Å². The highest BCUT2D eigenvalue weighted by atomic mass is 35.5. The Balaban J connectivity index is 2.22. The Labute approximate surface area is 169 Å². The number of pyridine rings is 1. The summed E-state index contributed by atoms with van der Waals surface area (Å²) in [5.41, 5.74) is 4.46. The van der Waals surface area contributed by atoms with Crippen LogP contribution in [0.1, 0.15) is 5.56 Å². The highest BCUT2D eigenvalue weighted by molar-refractivity contribution is 7.91. The largest absolute Gasteiger partial charge is 0.246 e. The predicted octanol–water partition coefficient (Wildman–Crippen LogP) is 5.93. The molecule has 0 aliphatic carbocycles. The fourth-order valence-electron chi connectivity index (χ4n) is 3.38. The second-order valence-electron chi connectivity index (χ2n) is 6.83. The van der Waals surface area contributed by atoms with Crippen LogP contribution < -0.4 is 0 Å². The van der Waals surface area contributed by atoms with Gasteiger partial charge in [0.25, 0.3) is 0 Å². The van der Waals surface area contributed by atoms with E-state index in [0.29, 0.717) is 21.8 Å². The van der Waals surface area contributed by atoms with Crippen molar-refractivity contribution in [3.05, 3.63) is 83.4 Å². The third-order valence-corrected chi connectivity index (χ3v) is 6.03. The molecule has 3 aromatic carbocycles. The zero-order valence-corrected chi connectivity index (χ0v) is 17.1. The van der Waals surface area contributed by atoms with E-state index in [2.05, 4.69) is 0 Å². The second kappa shape index (κ2) is 7.04. The number of aromatic nitrogens is 1. The van der Waals surface area contributed by atoms with Crippen LogP contribution >= 0.6 is 11.6 Å². The zero-order chi connectivity index (χ0) is 19.9. The molecule has 0 fully saturated rings. The van der Waals surface area contributed by atoms with Crippen molar-refractivity contribution in [3.8, 4) is 22.4 Å². The standard InChI is InChI=1S/C23H18ClNO2S/c1-15-8-10-17(11-9-15)22-23(28(2,26)27)21(16-6-4-3-5-7-16)19-14-18(24)12-13-20(19)25-22/h3-14H,1-2H3. The monoisotopic (exact) mass is 407 g/mol. The van der Waals surface area contributed by atoms with Crippen molar-refractivity contribution in [2.45, 2.75) is 11.8 Å². The quantitative estimate of drug-likeness (QED) is 0.422. The van der Waals surface area contributed by atoms with Crippen LogP contribution in [0.2, 0.25) is 5.02 Å². The number of sulfone groups is 1. The molecule has 1 heterocycles. The molecule has 0 bridgehead atoms. The van der Waals surface area contributed by atoms with Crippen LogP contribution in [-0.2, 0) is 9.84 Å². The minimum atomic E-state index is -3.58. The third kappa shape index (κ3) is 3.41. The van der Waals surface area contributed by atoms with Gasteiger partial charge < -0.3 is 0 Å². The van der Waals surface area contributed by atoms with Gasteiger partial charge in [0.05, 0.1) is 11.2 Å². The van der Waals surface area contributed by atoms with Crippen molar-refractivity contribution < 1.29 is 8.42 Å². The van der Waals surface area contributed by atoms with Crippen LogP contribution in [0.4, 0.5) is 0 Å². The Bertz CT molecular complexity index is 1280. The first-order valence-corrected chi connectivity index (χ1v) is 11.1. The summed E-state index contributed by atoms with van der Waals surface area (Å²) in [4.78, 5) is 4.95. The smallest absolute Gasteiger partial charge is 0.178 e. The lowest BCUT2D eigenvalue weighted by Crippen LogP contribution is -2.06. The molecule has 1 aromatic heterocycles. The van der Waals surface area contributed by atoms with Crippen LogP contribution in [0.25, 0.3) is 33.3 Å². The molecule has 0 spiro atoms. The number of hydrogen-bond donors (Lipinski definition) is 0. The molecular weight excluding hydrogens is 390 g/mol. The summed E-state index contributed by atoms with van der Waals surface area (Å²) >= 11 is 6.24. The minimum Gasteiger partial charge on any atom is -0.246 e. The summed E-state index contributed by atoms with van der Waals surface area (Å²) in [6.07, 6.45) is 1.23. The third-order valence-electron chi connectivity index (χ3n) is 4.66. The normalized spacial score (nSPS) is 11.7. The molecule has 3 nitrogen and oxygen atoms in total. The predicted molar refractivity (Wildman–Crippen MR) is 115 cm³/mol. The molecule has 5 heteroatoms. The fourth-order valence-corrected chi connectivity index (χ4v) is 4.66. The van der Waals surface area contributed by atoms with Crippen LogP contribution in [-0.4, -0.2) is 19.7 Å². The fraction of sp³-hybridized carbons (Fsp3) is 0.0870. The Kier molecular flexibility index (Phi) is 4.69. The van der Waals surface area contributed by atoms with Gasteiger partial charge in [-0.1, -0.05) is 71.8 Å². The first-order chi connectivity index (χ1) is 13.3. The van der Waals surface area contributed by atoms with E-state index in [4.69, 9.17) is 16.6 Å². The maximum atomic E-state index is 12.9. The van der Waals surface area contributed by atoms with E-state index in [1.54, 1.807) is 12.1 Å². The number of halogens is 1. The molecule has 4 rings (SSSR count). The number of hydrogen-bond acceptors (Lipinski definition) is 3. The maximum Gasteiger partial charge on any atom is 0.178 e. The van der Waals surface area contributed by atoms with Crippen molar-refractivity contribution in [1.82, 2.24) is 4.98 Å². The van der Waals surface area contributed by atoms with E-state index in [0.717, 1.165) is 22.1 Å². The van der Waals surface area contributed by atoms with Crippen LogP contribution in [0.15, 0.2) is 77.7 Å². The Hall–Kier alpha value is -2.69. The van der Waals surface area contributed by atoms with Crippen LogP contribution in [0.3, 0.4) is 0 Å². The van der Waals surface area contributed by atoms with E-state index < -0.39 is 9.84 Å². The Morgan fingerprint density at radius 2 is 1.54 bits per heavy atom. The molecule has 0 unspecified atom stereocenters. The summed E-state index contributed by atoms with van der Waals surface area (Å²) in [6, 6.07) is 22.6. The van der Waals surface area contributed by atoms with Crippen molar-refractivity contribution in [3.63, 3.8) is 0 Å². The molecule has 4 aromatic rings. The molecule has 0 aliphatic heterocycles. The number of fused-ring (bicyclic) bond motifs is 1. The summed E-state index contributed by atoms with van der Waals surface area (Å²) in [7, 11) is -3.58. The van der Waals surface area contributed by atoms with E-state index in [1.165, 1.54) is 6.26 Å². The second-order valence-corrected chi connectivity index (χ2v) is 9.22. The molecule has 0 radical (unpaired) electrons. The molecular formula is C23H18ClNO2S. The maximum absolute atomic E-state index is 12.9. The molecule has 28 heavy (non-hydrogen) atoms. The molecule has 0 amide bonds. The van der Waals surface area contributed by atoms with Crippen molar-refractivity contribution >= 4 is 32.3 Å². The molecule has 0 aliphatic rings. The van der Waals surface area contributed by atoms with Gasteiger partial charge in [-0.3, -0.25) is 0 Å². The number of aryl methyl sites for hydroxylation is 1. The van der Waals surface area contributed by atoms with Gasteiger partial charge in [0, 0.05) is 27.8 Å². The van der Waals surface area contributed by atoms with Gasteiger partial charge in [-0.25, -0.2) is 13.4 Å². The van der Waals surface area contributed by atoms with Crippen molar-refractivity contribution in [2.75, 3.05) is 6.26 Å². The van der Waals surface area contributed by atoms with Gasteiger partial charge in [-0.05, 0) is 30.7 Å². The summed E-state index contributed by atoms with van der Waals surface area (Å²) in [5, 5.41) is 1.25. The highest BCUT2D eigenvalue weighted by Crippen LogP contribution is 2.40. The van der Waals surface area contributed by atoms with Gasteiger partial charge >= 0.3 is 0 Å². The molecule has 0 atom stereocenters. The van der Waals surface area contributed by atoms with Gasteiger partial charge in [0.15, 0.2) is 9.84 Å². The summed E-state index contributed by atoms with van der Waals surface area (Å²) in [5.74, 6) is 0. The molecule has 0 saturated heterocycles. The van der Waals surface area contributed by atoms with E-state index >= 15 is 0 Å². The first-order valence-electron chi connectivity index (χ1n) is 8.80. The molecule has 140 valence electrons. The summed E-state index contributed by atoms with van der Waals surface area (Å²) < 4.78 is 25.9. The molecule has 0 saturated carbocycles. The number of nitrogens with zero attached hydrogens (tertiary/aromatic N) is 1. The molecule has 0 N–H and O–H groups in total. The lowest BCUT2D eigenvalue weighted by atomic mass is 9.98. The first kappa shape index (κ1) is 18.7.